The predicted octanol–water partition coefficient (Wildman–Crippen LogP) is 3.26. The van der Waals surface area contributed by atoms with Crippen molar-refractivity contribution in [2.75, 3.05) is 6.54 Å². The van der Waals surface area contributed by atoms with Crippen molar-refractivity contribution in [2.45, 2.75) is 52.1 Å². The molecule has 0 spiro atoms. The lowest BCUT2D eigenvalue weighted by Gasteiger charge is -2.42. The summed E-state index contributed by atoms with van der Waals surface area (Å²) in [5.41, 5.74) is 9.53. The fraction of sp³-hybridized carbons (Fsp3) is 0.600. The van der Waals surface area contributed by atoms with Gasteiger partial charge in [-0.1, -0.05) is 12.1 Å². The summed E-state index contributed by atoms with van der Waals surface area (Å²) < 4.78 is 6.34. The van der Waals surface area contributed by atoms with Crippen LogP contribution < -0.4 is 10.5 Å². The summed E-state index contributed by atoms with van der Waals surface area (Å²) in [7, 11) is 0. The predicted molar refractivity (Wildman–Crippen MR) is 71.5 cm³/mol. The van der Waals surface area contributed by atoms with Crippen LogP contribution in [0.1, 0.15) is 42.4 Å². The van der Waals surface area contributed by atoms with E-state index in [4.69, 9.17) is 10.5 Å². The van der Waals surface area contributed by atoms with Gasteiger partial charge in [-0.3, -0.25) is 0 Å². The fourth-order valence-corrected chi connectivity index (χ4v) is 2.54. The Bertz CT molecular complexity index is 408. The molecule has 0 amide bonds. The van der Waals surface area contributed by atoms with E-state index in [9.17, 15) is 0 Å². The minimum atomic E-state index is 0.0259. The van der Waals surface area contributed by atoms with Crippen LogP contribution in [0.4, 0.5) is 0 Å². The highest BCUT2D eigenvalue weighted by Crippen LogP contribution is 2.41. The van der Waals surface area contributed by atoms with Crippen molar-refractivity contribution >= 4 is 0 Å². The molecule has 17 heavy (non-hydrogen) atoms. The van der Waals surface area contributed by atoms with Gasteiger partial charge in [-0.2, -0.15) is 0 Å². The maximum atomic E-state index is 6.34. The summed E-state index contributed by atoms with van der Waals surface area (Å²) in [5, 5.41) is 0. The highest BCUT2D eigenvalue weighted by atomic mass is 16.5. The molecule has 1 aromatic carbocycles. The van der Waals surface area contributed by atoms with E-state index >= 15 is 0 Å². The van der Waals surface area contributed by atoms with Gasteiger partial charge < -0.3 is 10.5 Å². The number of ether oxygens (including phenoxy) is 1. The van der Waals surface area contributed by atoms with Crippen molar-refractivity contribution in [1.29, 1.82) is 0 Å². The molecule has 0 bridgehead atoms. The van der Waals surface area contributed by atoms with Gasteiger partial charge >= 0.3 is 0 Å². The molecule has 2 heteroatoms. The number of hydrogen-bond acceptors (Lipinski definition) is 2. The quantitative estimate of drug-likeness (QED) is 0.866. The zero-order valence-electron chi connectivity index (χ0n) is 11.2. The van der Waals surface area contributed by atoms with Gasteiger partial charge in [-0.25, -0.2) is 0 Å². The summed E-state index contributed by atoms with van der Waals surface area (Å²) in [6.45, 7) is 7.12. The minimum absolute atomic E-state index is 0.0259. The van der Waals surface area contributed by atoms with Crippen LogP contribution in [-0.2, 0) is 0 Å². The Kier molecular flexibility index (Phi) is 3.43. The molecule has 1 aliphatic rings. The van der Waals surface area contributed by atoms with Gasteiger partial charge in [0.1, 0.15) is 11.4 Å². The monoisotopic (exact) mass is 233 g/mol. The lowest BCUT2D eigenvalue weighted by atomic mass is 9.77. The summed E-state index contributed by atoms with van der Waals surface area (Å²) >= 11 is 0. The topological polar surface area (TPSA) is 35.2 Å². The molecule has 2 rings (SSSR count). The average Bonchev–Trinajstić information content (AvgIpc) is 2.26. The fourth-order valence-electron chi connectivity index (χ4n) is 2.54. The Labute approximate surface area is 104 Å². The van der Waals surface area contributed by atoms with Crippen LogP contribution in [0.25, 0.3) is 0 Å². The van der Waals surface area contributed by atoms with E-state index in [1.165, 1.54) is 23.1 Å². The second-order valence-corrected chi connectivity index (χ2v) is 5.33. The Morgan fingerprint density at radius 2 is 1.82 bits per heavy atom. The number of nitrogens with two attached hydrogens (primary N) is 1. The third-order valence-corrected chi connectivity index (χ3v) is 4.06. The van der Waals surface area contributed by atoms with Gasteiger partial charge in [0.15, 0.2) is 0 Å². The Hall–Kier alpha value is -1.02. The molecule has 1 aliphatic carbocycles. The van der Waals surface area contributed by atoms with Crippen LogP contribution in [0.15, 0.2) is 12.1 Å². The summed E-state index contributed by atoms with van der Waals surface area (Å²) in [4.78, 5) is 0. The van der Waals surface area contributed by atoms with E-state index in [1.54, 1.807) is 0 Å². The van der Waals surface area contributed by atoms with Gasteiger partial charge in [0, 0.05) is 0 Å². The van der Waals surface area contributed by atoms with Gasteiger partial charge in [0.05, 0.1) is 0 Å². The van der Waals surface area contributed by atoms with E-state index < -0.39 is 0 Å². The number of aryl methyl sites for hydroxylation is 2. The smallest absolute Gasteiger partial charge is 0.126 e. The van der Waals surface area contributed by atoms with Crippen LogP contribution >= 0.6 is 0 Å². The number of hydrogen-bond donors (Lipinski definition) is 1. The minimum Gasteiger partial charge on any atom is -0.487 e. The number of rotatable bonds is 4. The van der Waals surface area contributed by atoms with Crippen molar-refractivity contribution in [2.24, 2.45) is 5.73 Å². The molecule has 94 valence electrons. The molecule has 1 fully saturated rings. The molecule has 0 unspecified atom stereocenters. The van der Waals surface area contributed by atoms with Crippen molar-refractivity contribution in [3.8, 4) is 5.75 Å². The highest BCUT2D eigenvalue weighted by molar-refractivity contribution is 5.45. The molecule has 2 N–H and O–H groups in total. The van der Waals surface area contributed by atoms with Crippen LogP contribution in [0.5, 0.6) is 5.75 Å². The highest BCUT2D eigenvalue weighted by Gasteiger charge is 2.39. The van der Waals surface area contributed by atoms with Crippen LogP contribution in [-0.4, -0.2) is 12.1 Å². The van der Waals surface area contributed by atoms with Crippen molar-refractivity contribution < 1.29 is 4.74 Å². The maximum Gasteiger partial charge on any atom is 0.126 e. The van der Waals surface area contributed by atoms with Gasteiger partial charge in [0.25, 0.3) is 0 Å². The van der Waals surface area contributed by atoms with Crippen molar-refractivity contribution in [3.05, 3.63) is 28.8 Å². The molecular formula is C15H23NO. The zero-order chi connectivity index (χ0) is 12.5. The summed E-state index contributed by atoms with van der Waals surface area (Å²) in [5.74, 6) is 1.08. The molecule has 2 nitrogen and oxygen atoms in total. The standard InChI is InChI=1S/C15H23NO/c1-11-5-6-12(2)14(13(11)3)17-15(9-10-16)7-4-8-15/h5-6H,4,7-10,16H2,1-3H3. The third-order valence-electron chi connectivity index (χ3n) is 4.06. The molecule has 0 aromatic heterocycles. The SMILES string of the molecule is Cc1ccc(C)c(OC2(CCN)CCC2)c1C. The lowest BCUT2D eigenvalue weighted by Crippen LogP contribution is -2.45. The zero-order valence-corrected chi connectivity index (χ0v) is 11.2. The molecule has 0 heterocycles. The molecule has 1 aromatic rings. The normalized spacial score (nSPS) is 17.6. The lowest BCUT2D eigenvalue weighted by molar-refractivity contribution is -0.0136. The molecule has 0 saturated heterocycles. The molecule has 0 aliphatic heterocycles. The Balaban J connectivity index is 2.26. The molecular weight excluding hydrogens is 210 g/mol. The Morgan fingerprint density at radius 1 is 1.18 bits per heavy atom. The van der Waals surface area contributed by atoms with Crippen molar-refractivity contribution in [1.82, 2.24) is 0 Å². The van der Waals surface area contributed by atoms with Gasteiger partial charge in [-0.05, 0) is 69.7 Å². The first-order valence-corrected chi connectivity index (χ1v) is 6.54. The first-order chi connectivity index (χ1) is 8.08. The third kappa shape index (κ3) is 2.32. The number of benzene rings is 1. The van der Waals surface area contributed by atoms with Crippen molar-refractivity contribution in [3.63, 3.8) is 0 Å². The Morgan fingerprint density at radius 3 is 2.35 bits per heavy atom. The largest absolute Gasteiger partial charge is 0.487 e. The van der Waals surface area contributed by atoms with E-state index in [-0.39, 0.29) is 5.60 Å². The van der Waals surface area contributed by atoms with Crippen LogP contribution in [0.2, 0.25) is 0 Å². The molecule has 1 saturated carbocycles. The van der Waals surface area contributed by atoms with Gasteiger partial charge in [0.2, 0.25) is 0 Å². The van der Waals surface area contributed by atoms with Crippen LogP contribution in [0, 0.1) is 20.8 Å². The maximum absolute atomic E-state index is 6.34. The first kappa shape index (κ1) is 12.4. The van der Waals surface area contributed by atoms with E-state index in [0.29, 0.717) is 6.54 Å². The second kappa shape index (κ2) is 4.69. The molecule has 0 atom stereocenters. The van der Waals surface area contributed by atoms with Crippen LogP contribution in [0.3, 0.4) is 0 Å². The summed E-state index contributed by atoms with van der Waals surface area (Å²) in [6, 6.07) is 4.31. The average molecular weight is 233 g/mol. The molecule has 0 radical (unpaired) electrons. The van der Waals surface area contributed by atoms with E-state index in [1.807, 2.05) is 0 Å². The van der Waals surface area contributed by atoms with E-state index in [0.717, 1.165) is 25.0 Å². The van der Waals surface area contributed by atoms with E-state index in [2.05, 4.69) is 32.9 Å². The first-order valence-electron chi connectivity index (χ1n) is 6.54. The summed E-state index contributed by atoms with van der Waals surface area (Å²) in [6.07, 6.45) is 4.54. The second-order valence-electron chi connectivity index (χ2n) is 5.33. The van der Waals surface area contributed by atoms with Gasteiger partial charge in [-0.15, -0.1) is 0 Å².